The van der Waals surface area contributed by atoms with Crippen LogP contribution in [-0.4, -0.2) is 81.0 Å². The molecule has 0 radical (unpaired) electrons. The van der Waals surface area contributed by atoms with Gasteiger partial charge < -0.3 is 21.2 Å². The van der Waals surface area contributed by atoms with Crippen LogP contribution >= 0.6 is 11.6 Å². The third-order valence-electron chi connectivity index (χ3n) is 7.34. The minimum atomic E-state index is -0.343. The van der Waals surface area contributed by atoms with Crippen molar-refractivity contribution in [1.82, 2.24) is 29.6 Å². The Balaban J connectivity index is 1.25. The van der Waals surface area contributed by atoms with E-state index in [1.807, 2.05) is 43.7 Å². The molecule has 42 heavy (non-hydrogen) atoms. The molecule has 0 amide bonds. The Bertz CT molecular complexity index is 1640. The molecule has 5 rings (SSSR count). The maximum atomic E-state index is 13.0. The number of aliphatic imine (C=N–C) groups is 1. The lowest BCUT2D eigenvalue weighted by Crippen LogP contribution is -2.37. The summed E-state index contributed by atoms with van der Waals surface area (Å²) in [5, 5.41) is 6.75. The normalized spacial score (nSPS) is 15.4. The first-order valence-corrected chi connectivity index (χ1v) is 14.6. The summed E-state index contributed by atoms with van der Waals surface area (Å²) in [5.74, 6) is 0.361. The molecule has 1 fully saturated rings. The molecule has 4 aromatic rings. The first-order chi connectivity index (χ1) is 20.1. The Kier molecular flexibility index (Phi) is 8.91. The Morgan fingerprint density at radius 1 is 1.21 bits per heavy atom. The highest BCUT2D eigenvalue weighted by molar-refractivity contribution is 6.38. The molecule has 12 heteroatoms. The number of carbonyl (C=O) groups excluding carboxylic acids is 1. The van der Waals surface area contributed by atoms with E-state index in [0.717, 1.165) is 50.3 Å². The van der Waals surface area contributed by atoms with Crippen LogP contribution in [-0.2, 0) is 10.3 Å². The number of ketones is 1. The number of anilines is 1. The molecule has 222 valence electrons. The molecule has 0 spiro atoms. The number of fused-ring (bicyclic) bond motifs is 2. The Hall–Kier alpha value is -3.80. The van der Waals surface area contributed by atoms with Crippen LogP contribution in [0.2, 0.25) is 5.02 Å². The van der Waals surface area contributed by atoms with Gasteiger partial charge in [-0.15, -0.1) is 0 Å². The third-order valence-corrected chi connectivity index (χ3v) is 7.73. The number of rotatable bonds is 10. The minimum absolute atomic E-state index is 0.0382. The second-order valence-corrected chi connectivity index (χ2v) is 11.9. The monoisotopic (exact) mass is 591 g/mol. The fourth-order valence-electron chi connectivity index (χ4n) is 5.04. The van der Waals surface area contributed by atoms with Crippen LogP contribution in [0, 0.1) is 0 Å². The van der Waals surface area contributed by atoms with Gasteiger partial charge >= 0.3 is 0 Å². The van der Waals surface area contributed by atoms with E-state index in [0.29, 0.717) is 63.8 Å². The van der Waals surface area contributed by atoms with E-state index in [-0.39, 0.29) is 11.3 Å². The van der Waals surface area contributed by atoms with Gasteiger partial charge in [0.15, 0.2) is 11.4 Å². The van der Waals surface area contributed by atoms with Gasteiger partial charge in [-0.1, -0.05) is 23.7 Å². The Labute approximate surface area is 250 Å². The van der Waals surface area contributed by atoms with E-state index in [2.05, 4.69) is 24.8 Å². The zero-order valence-corrected chi connectivity index (χ0v) is 25.1. The summed E-state index contributed by atoms with van der Waals surface area (Å²) in [4.78, 5) is 31.8. The maximum Gasteiger partial charge on any atom is 0.164 e. The van der Waals surface area contributed by atoms with Crippen molar-refractivity contribution in [3.8, 4) is 11.4 Å². The van der Waals surface area contributed by atoms with Crippen LogP contribution in [0.25, 0.3) is 33.3 Å². The Morgan fingerprint density at radius 3 is 2.76 bits per heavy atom. The number of morpholine rings is 1. The van der Waals surface area contributed by atoms with E-state index in [4.69, 9.17) is 32.9 Å². The summed E-state index contributed by atoms with van der Waals surface area (Å²) >= 11 is 6.83. The summed E-state index contributed by atoms with van der Waals surface area (Å²) < 4.78 is 7.18. The largest absolute Gasteiger partial charge is 0.402 e. The van der Waals surface area contributed by atoms with Crippen molar-refractivity contribution < 1.29 is 9.53 Å². The zero-order chi connectivity index (χ0) is 29.9. The highest BCUT2D eigenvalue weighted by Crippen LogP contribution is 2.39. The average molecular weight is 592 g/mol. The number of Topliss-reactive ketones (excluding diaryl/α,β-unsaturated/α-hetero) is 1. The van der Waals surface area contributed by atoms with Gasteiger partial charge in [-0.25, -0.2) is 14.6 Å². The van der Waals surface area contributed by atoms with Crippen molar-refractivity contribution in [1.29, 1.82) is 0 Å². The predicted octanol–water partition coefficient (Wildman–Crippen LogP) is 4.56. The highest BCUT2D eigenvalue weighted by Gasteiger charge is 2.26. The van der Waals surface area contributed by atoms with E-state index >= 15 is 0 Å². The van der Waals surface area contributed by atoms with E-state index in [1.165, 1.54) is 6.33 Å². The van der Waals surface area contributed by atoms with Crippen molar-refractivity contribution in [2.75, 3.05) is 45.1 Å². The van der Waals surface area contributed by atoms with Gasteiger partial charge in [0.2, 0.25) is 0 Å². The van der Waals surface area contributed by atoms with Crippen LogP contribution in [0.15, 0.2) is 41.3 Å². The number of hydrogen-bond acceptors (Lipinski definition) is 9. The molecule has 1 aliphatic rings. The third kappa shape index (κ3) is 6.48. The molecule has 0 atom stereocenters. The molecule has 0 saturated carbocycles. The average Bonchev–Trinajstić information content (AvgIpc) is 3.52. The summed E-state index contributed by atoms with van der Waals surface area (Å²) in [5.41, 5.74) is 15.9. The fourth-order valence-corrected chi connectivity index (χ4v) is 5.35. The van der Waals surface area contributed by atoms with Gasteiger partial charge in [-0.3, -0.25) is 14.7 Å². The predicted molar refractivity (Wildman–Crippen MR) is 168 cm³/mol. The number of hydrogen-bond donors (Lipinski definition) is 3. The number of nitrogen functional groups attached to an aromatic ring is 1. The van der Waals surface area contributed by atoms with E-state index in [1.54, 1.807) is 12.3 Å². The number of aromatic nitrogens is 5. The lowest BCUT2D eigenvalue weighted by Gasteiger charge is -2.25. The van der Waals surface area contributed by atoms with Crippen LogP contribution in [0.3, 0.4) is 0 Å². The first kappa shape index (κ1) is 29.7. The summed E-state index contributed by atoms with van der Waals surface area (Å²) in [6.45, 7) is 11.2. The molecule has 4 heterocycles. The number of nitrogens with zero attached hydrogens (tertiary/aromatic N) is 6. The van der Waals surface area contributed by atoms with Crippen LogP contribution in [0.1, 0.15) is 50.4 Å². The van der Waals surface area contributed by atoms with Gasteiger partial charge in [0.05, 0.1) is 41.4 Å². The first-order valence-electron chi connectivity index (χ1n) is 14.2. The summed E-state index contributed by atoms with van der Waals surface area (Å²) in [6.07, 6.45) is 6.65. The van der Waals surface area contributed by atoms with Gasteiger partial charge in [-0.05, 0) is 45.8 Å². The number of nitrogens with one attached hydrogen (secondary N) is 1. The molecule has 11 nitrogen and oxygen atoms in total. The quantitative estimate of drug-likeness (QED) is 0.179. The summed E-state index contributed by atoms with van der Waals surface area (Å²) in [7, 11) is 0. The Morgan fingerprint density at radius 2 is 2.00 bits per heavy atom. The van der Waals surface area contributed by atoms with Gasteiger partial charge in [0.25, 0.3) is 0 Å². The number of aromatic amines is 1. The van der Waals surface area contributed by atoms with Crippen LogP contribution in [0.5, 0.6) is 0 Å². The SMILES string of the molecule is CC(C)(C)n1nc(-c2[nH]c3cc(C(=O)CCCC(N)=CC=NCCN4CCOCC4)ccc3c2Cl)c2c(N)ncnc21. The number of allylic oxidation sites excluding steroid dienone is 2. The second kappa shape index (κ2) is 12.6. The molecule has 3 aromatic heterocycles. The van der Waals surface area contributed by atoms with Crippen molar-refractivity contribution >= 4 is 51.4 Å². The molecule has 0 unspecified atom stereocenters. The van der Waals surface area contributed by atoms with Crippen molar-refractivity contribution in [2.45, 2.75) is 45.6 Å². The topological polar surface area (TPSA) is 153 Å². The molecular weight excluding hydrogens is 554 g/mol. The van der Waals surface area contributed by atoms with Gasteiger partial charge in [-0.2, -0.15) is 5.10 Å². The highest BCUT2D eigenvalue weighted by atomic mass is 35.5. The van der Waals surface area contributed by atoms with Gasteiger partial charge in [0.1, 0.15) is 17.8 Å². The molecule has 0 bridgehead atoms. The molecule has 0 aliphatic carbocycles. The van der Waals surface area contributed by atoms with Gasteiger partial charge in [0, 0.05) is 54.4 Å². The molecule has 5 N–H and O–H groups in total. The molecule has 1 saturated heterocycles. The lowest BCUT2D eigenvalue weighted by atomic mass is 10.0. The summed E-state index contributed by atoms with van der Waals surface area (Å²) in [6, 6.07) is 5.49. The van der Waals surface area contributed by atoms with E-state index in [9.17, 15) is 4.79 Å². The number of nitrogens with two attached hydrogens (primary N) is 2. The smallest absolute Gasteiger partial charge is 0.164 e. The van der Waals surface area contributed by atoms with Crippen molar-refractivity contribution in [3.05, 3.63) is 46.9 Å². The van der Waals surface area contributed by atoms with Crippen LogP contribution in [0.4, 0.5) is 5.82 Å². The van der Waals surface area contributed by atoms with Crippen molar-refractivity contribution in [2.24, 2.45) is 10.7 Å². The number of H-pyrrole nitrogens is 1. The number of halogens is 1. The molecule has 1 aromatic carbocycles. The minimum Gasteiger partial charge on any atom is -0.402 e. The van der Waals surface area contributed by atoms with E-state index < -0.39 is 0 Å². The standard InChI is InChI=1S/C30H38ClN9O2/c1-30(2,3)40-29-24(28(33)35-18-36-29)26(38-40)27-25(31)21-8-7-19(17-22(21)37-27)23(41)6-4-5-20(32)9-10-34-11-12-39-13-15-42-16-14-39/h7-10,17-18,37H,4-6,11-16,32H2,1-3H3,(H2,33,35,36). The molecular formula is C30H38ClN9O2. The van der Waals surface area contributed by atoms with Crippen molar-refractivity contribution in [3.63, 3.8) is 0 Å². The maximum absolute atomic E-state index is 13.0. The number of carbonyl (C=O) groups is 1. The second-order valence-electron chi connectivity index (χ2n) is 11.5. The zero-order valence-electron chi connectivity index (χ0n) is 24.4. The fraction of sp³-hybridized carbons (Fsp3) is 0.433. The number of ether oxygens (including phenoxy) is 1. The lowest BCUT2D eigenvalue weighted by molar-refractivity contribution is 0.0395. The number of benzene rings is 1. The molecule has 1 aliphatic heterocycles. The van der Waals surface area contributed by atoms with Crippen LogP contribution < -0.4 is 11.5 Å².